The van der Waals surface area contributed by atoms with E-state index in [-0.39, 0.29) is 17.5 Å². The van der Waals surface area contributed by atoms with Crippen LogP contribution in [0.15, 0.2) is 83.3 Å². The predicted octanol–water partition coefficient (Wildman–Crippen LogP) is 6.17. The molecular formula is C28H26ClN3O2S. The SMILES string of the molecule is C=Cc1ccc(CSc2nc3ccc(Cl)cc3c(=O)n2Cc2ccc(C(=O)NC(C)C)cc2)cc1. The largest absolute Gasteiger partial charge is 0.350 e. The number of fused-ring (bicyclic) bond motifs is 1. The third-order valence-electron chi connectivity index (χ3n) is 5.44. The Balaban J connectivity index is 1.66. The normalized spacial score (nSPS) is 11.1. The molecule has 0 saturated carbocycles. The molecule has 0 radical (unpaired) electrons. The van der Waals surface area contributed by atoms with Gasteiger partial charge in [-0.2, -0.15) is 0 Å². The molecule has 1 aromatic heterocycles. The summed E-state index contributed by atoms with van der Waals surface area (Å²) in [5.74, 6) is 0.543. The first-order valence-corrected chi connectivity index (χ1v) is 12.6. The van der Waals surface area contributed by atoms with Crippen molar-refractivity contribution < 1.29 is 4.79 Å². The van der Waals surface area contributed by atoms with Crippen LogP contribution < -0.4 is 10.9 Å². The van der Waals surface area contributed by atoms with Gasteiger partial charge >= 0.3 is 0 Å². The Labute approximate surface area is 213 Å². The number of nitrogens with zero attached hydrogens (tertiary/aromatic N) is 2. The van der Waals surface area contributed by atoms with E-state index in [1.807, 2.05) is 56.3 Å². The van der Waals surface area contributed by atoms with Gasteiger partial charge in [0.05, 0.1) is 17.4 Å². The Morgan fingerprint density at radius 2 is 1.77 bits per heavy atom. The molecule has 1 amide bonds. The average Bonchev–Trinajstić information content (AvgIpc) is 2.85. The molecule has 0 fully saturated rings. The summed E-state index contributed by atoms with van der Waals surface area (Å²) in [7, 11) is 0. The number of halogens is 1. The van der Waals surface area contributed by atoms with E-state index < -0.39 is 0 Å². The summed E-state index contributed by atoms with van der Waals surface area (Å²) in [5, 5.41) is 4.48. The lowest BCUT2D eigenvalue weighted by Crippen LogP contribution is -2.30. The van der Waals surface area contributed by atoms with Gasteiger partial charge in [-0.3, -0.25) is 14.2 Å². The van der Waals surface area contributed by atoms with Crippen LogP contribution in [-0.2, 0) is 12.3 Å². The number of rotatable bonds is 8. The van der Waals surface area contributed by atoms with Gasteiger partial charge in [-0.05, 0) is 60.9 Å². The number of thioether (sulfide) groups is 1. The minimum atomic E-state index is -0.149. The summed E-state index contributed by atoms with van der Waals surface area (Å²) in [6.45, 7) is 7.97. The van der Waals surface area contributed by atoms with Crippen LogP contribution in [-0.4, -0.2) is 21.5 Å². The molecule has 0 aliphatic heterocycles. The molecule has 35 heavy (non-hydrogen) atoms. The van der Waals surface area contributed by atoms with E-state index in [0.29, 0.717) is 38.9 Å². The zero-order valence-corrected chi connectivity index (χ0v) is 21.2. The smallest absolute Gasteiger partial charge is 0.262 e. The highest BCUT2D eigenvalue weighted by Gasteiger charge is 2.14. The van der Waals surface area contributed by atoms with E-state index in [1.54, 1.807) is 34.9 Å². The zero-order valence-electron chi connectivity index (χ0n) is 19.6. The quantitative estimate of drug-likeness (QED) is 0.230. The average molecular weight is 504 g/mol. The maximum absolute atomic E-state index is 13.5. The van der Waals surface area contributed by atoms with E-state index in [9.17, 15) is 9.59 Å². The van der Waals surface area contributed by atoms with Crippen molar-refractivity contribution in [1.82, 2.24) is 14.9 Å². The molecule has 0 saturated heterocycles. The molecule has 0 bridgehead atoms. The first-order valence-electron chi connectivity index (χ1n) is 11.3. The van der Waals surface area contributed by atoms with Gasteiger partial charge in [-0.1, -0.05) is 72.4 Å². The Morgan fingerprint density at radius 3 is 2.43 bits per heavy atom. The predicted molar refractivity (Wildman–Crippen MR) is 145 cm³/mol. The molecule has 4 rings (SSSR count). The van der Waals surface area contributed by atoms with Gasteiger partial charge in [0, 0.05) is 22.4 Å². The molecule has 1 heterocycles. The van der Waals surface area contributed by atoms with Crippen molar-refractivity contribution in [2.24, 2.45) is 0 Å². The molecule has 0 spiro atoms. The molecule has 0 unspecified atom stereocenters. The van der Waals surface area contributed by atoms with E-state index in [2.05, 4.69) is 11.9 Å². The lowest BCUT2D eigenvalue weighted by atomic mass is 10.1. The van der Waals surface area contributed by atoms with Crippen molar-refractivity contribution >= 4 is 46.2 Å². The molecule has 7 heteroatoms. The van der Waals surface area contributed by atoms with Crippen LogP contribution in [0.1, 0.15) is 40.9 Å². The minimum Gasteiger partial charge on any atom is -0.350 e. The second-order valence-corrected chi connectivity index (χ2v) is 9.89. The molecule has 0 aliphatic rings. The van der Waals surface area contributed by atoms with Crippen LogP contribution in [0.5, 0.6) is 0 Å². The number of amides is 1. The van der Waals surface area contributed by atoms with Gasteiger partial charge in [0.25, 0.3) is 11.5 Å². The molecule has 178 valence electrons. The maximum Gasteiger partial charge on any atom is 0.262 e. The Hall–Kier alpha value is -3.35. The number of benzene rings is 3. The van der Waals surface area contributed by atoms with E-state index in [4.69, 9.17) is 16.6 Å². The summed E-state index contributed by atoms with van der Waals surface area (Å²) in [6.07, 6.45) is 1.81. The molecule has 5 nitrogen and oxygen atoms in total. The summed E-state index contributed by atoms with van der Waals surface area (Å²) in [6, 6.07) is 20.6. The third kappa shape index (κ3) is 6.02. The number of hydrogen-bond donors (Lipinski definition) is 1. The lowest BCUT2D eigenvalue weighted by Gasteiger charge is -2.14. The van der Waals surface area contributed by atoms with Crippen LogP contribution in [0.4, 0.5) is 0 Å². The first kappa shape index (κ1) is 24.8. The second-order valence-electron chi connectivity index (χ2n) is 8.51. The van der Waals surface area contributed by atoms with Crippen LogP contribution in [0.2, 0.25) is 5.02 Å². The highest BCUT2D eigenvalue weighted by atomic mass is 35.5. The van der Waals surface area contributed by atoms with E-state index in [1.165, 1.54) is 11.8 Å². The van der Waals surface area contributed by atoms with Crippen LogP contribution in [0.25, 0.3) is 17.0 Å². The van der Waals surface area contributed by atoms with Crippen molar-refractivity contribution in [3.8, 4) is 0 Å². The highest BCUT2D eigenvalue weighted by Crippen LogP contribution is 2.24. The lowest BCUT2D eigenvalue weighted by molar-refractivity contribution is 0.0943. The zero-order chi connectivity index (χ0) is 24.9. The topological polar surface area (TPSA) is 64.0 Å². The van der Waals surface area contributed by atoms with Crippen molar-refractivity contribution in [3.05, 3.63) is 111 Å². The van der Waals surface area contributed by atoms with E-state index >= 15 is 0 Å². The summed E-state index contributed by atoms with van der Waals surface area (Å²) >= 11 is 7.68. The fourth-order valence-electron chi connectivity index (χ4n) is 3.61. The van der Waals surface area contributed by atoms with Crippen molar-refractivity contribution in [2.75, 3.05) is 0 Å². The number of nitrogens with one attached hydrogen (secondary N) is 1. The van der Waals surface area contributed by atoms with Gasteiger partial charge in [0.1, 0.15) is 0 Å². The van der Waals surface area contributed by atoms with Gasteiger partial charge in [0.2, 0.25) is 0 Å². The Morgan fingerprint density at radius 1 is 1.09 bits per heavy atom. The minimum absolute atomic E-state index is 0.0591. The monoisotopic (exact) mass is 503 g/mol. The summed E-state index contributed by atoms with van der Waals surface area (Å²) < 4.78 is 1.67. The first-order chi connectivity index (χ1) is 16.8. The van der Waals surface area contributed by atoms with Crippen LogP contribution >= 0.6 is 23.4 Å². The molecule has 4 aromatic rings. The van der Waals surface area contributed by atoms with E-state index in [0.717, 1.165) is 16.7 Å². The molecule has 3 aromatic carbocycles. The molecule has 0 atom stereocenters. The molecular weight excluding hydrogens is 478 g/mol. The van der Waals surface area contributed by atoms with Gasteiger partial charge < -0.3 is 5.32 Å². The maximum atomic E-state index is 13.5. The Bertz CT molecular complexity index is 1430. The molecule has 1 N–H and O–H groups in total. The van der Waals surface area contributed by atoms with Crippen LogP contribution in [0.3, 0.4) is 0 Å². The van der Waals surface area contributed by atoms with Crippen LogP contribution in [0, 0.1) is 0 Å². The number of aromatic nitrogens is 2. The van der Waals surface area contributed by atoms with Gasteiger partial charge in [-0.25, -0.2) is 4.98 Å². The summed E-state index contributed by atoms with van der Waals surface area (Å²) in [4.78, 5) is 30.5. The highest BCUT2D eigenvalue weighted by molar-refractivity contribution is 7.98. The second kappa shape index (κ2) is 10.9. The van der Waals surface area contributed by atoms with Crippen molar-refractivity contribution in [3.63, 3.8) is 0 Å². The number of carbonyl (C=O) groups is 1. The molecule has 0 aliphatic carbocycles. The van der Waals surface area contributed by atoms with Gasteiger partial charge in [-0.15, -0.1) is 0 Å². The fraction of sp³-hybridized carbons (Fsp3) is 0.179. The van der Waals surface area contributed by atoms with Crippen molar-refractivity contribution in [1.29, 1.82) is 0 Å². The number of carbonyl (C=O) groups excluding carboxylic acids is 1. The third-order valence-corrected chi connectivity index (χ3v) is 6.72. The van der Waals surface area contributed by atoms with Gasteiger partial charge in [0.15, 0.2) is 5.16 Å². The van der Waals surface area contributed by atoms with Crippen molar-refractivity contribution in [2.45, 2.75) is 37.3 Å². The summed E-state index contributed by atoms with van der Waals surface area (Å²) in [5.41, 5.74) is 4.12. The fourth-order valence-corrected chi connectivity index (χ4v) is 4.74. The Kier molecular flexibility index (Phi) is 7.73. The number of hydrogen-bond acceptors (Lipinski definition) is 4. The standard InChI is InChI=1S/C28H26ClN3O2S/c1-4-19-5-7-21(8-6-19)17-35-28-31-25-14-13-23(29)15-24(25)27(34)32(28)16-20-9-11-22(12-10-20)26(33)30-18(2)3/h4-15,18H,1,16-17H2,2-3H3,(H,30,33).